The second kappa shape index (κ2) is 3.74. The van der Waals surface area contributed by atoms with E-state index in [0.717, 1.165) is 11.2 Å². The maximum Gasteiger partial charge on any atom is 0.196 e. The highest BCUT2D eigenvalue weighted by atomic mass is 15.1. The highest BCUT2D eigenvalue weighted by Crippen LogP contribution is 1.82. The second-order valence-electron chi connectivity index (χ2n) is 3.69. The monoisotopic (exact) mass is 160 g/mol. The van der Waals surface area contributed by atoms with E-state index in [9.17, 15) is 0 Å². The molecule has 0 unspecified atom stereocenters. The Morgan fingerprint density at radius 3 is 1.33 bits per heavy atom. The molecule has 0 saturated heterocycles. The molecule has 0 fully saturated rings. The van der Waals surface area contributed by atoms with Gasteiger partial charge in [0.1, 0.15) is 0 Å². The van der Waals surface area contributed by atoms with E-state index in [1.54, 1.807) is 0 Å². The van der Waals surface area contributed by atoms with E-state index in [2.05, 4.69) is 49.6 Å². The summed E-state index contributed by atoms with van der Waals surface area (Å²) < 4.78 is 0. The highest BCUT2D eigenvalue weighted by molar-refractivity contribution is 6.71. The molecule has 0 radical (unpaired) electrons. The summed E-state index contributed by atoms with van der Waals surface area (Å²) in [6, 6.07) is 4.12. The van der Waals surface area contributed by atoms with Crippen molar-refractivity contribution < 1.29 is 0 Å². The van der Waals surface area contributed by atoms with Crippen LogP contribution in [0.15, 0.2) is 12.1 Å². The molecule has 0 aliphatic heterocycles. The first-order valence-corrected chi connectivity index (χ1v) is 4.44. The molecule has 0 saturated carbocycles. The molecule has 0 aromatic carbocycles. The average Bonchev–Trinajstić information content (AvgIpc) is 2.04. The van der Waals surface area contributed by atoms with Crippen LogP contribution in [-0.4, -0.2) is 23.6 Å². The number of aromatic nitrogens is 2. The van der Waals surface area contributed by atoms with Gasteiger partial charge in [-0.05, 0) is 12.1 Å². The van der Waals surface area contributed by atoms with Crippen LogP contribution in [0.1, 0.15) is 0 Å². The Morgan fingerprint density at radius 1 is 0.833 bits per heavy atom. The van der Waals surface area contributed by atoms with Crippen LogP contribution in [-0.2, 0) is 0 Å². The van der Waals surface area contributed by atoms with Gasteiger partial charge in [-0.3, -0.25) is 0 Å². The SMILES string of the molecule is CB(C)c1ccc(B(C)C)nn1. The van der Waals surface area contributed by atoms with Crippen LogP contribution in [0.4, 0.5) is 0 Å². The molecule has 0 aliphatic carbocycles. The third-order valence-electron chi connectivity index (χ3n) is 1.89. The lowest BCUT2D eigenvalue weighted by Crippen LogP contribution is -2.34. The van der Waals surface area contributed by atoms with Gasteiger partial charge in [0.2, 0.25) is 0 Å². The van der Waals surface area contributed by atoms with Gasteiger partial charge in [0.25, 0.3) is 0 Å². The minimum Gasteiger partial charge on any atom is -0.166 e. The summed E-state index contributed by atoms with van der Waals surface area (Å²) in [4.78, 5) is 0. The fourth-order valence-electron chi connectivity index (χ4n) is 0.969. The third-order valence-corrected chi connectivity index (χ3v) is 1.89. The summed E-state index contributed by atoms with van der Waals surface area (Å²) in [7, 11) is 0. The molecule has 0 N–H and O–H groups in total. The quantitative estimate of drug-likeness (QED) is 0.585. The van der Waals surface area contributed by atoms with Crippen LogP contribution in [0.25, 0.3) is 0 Å². The van der Waals surface area contributed by atoms with Crippen molar-refractivity contribution in [3.8, 4) is 0 Å². The first kappa shape index (κ1) is 9.30. The molecule has 0 bridgehead atoms. The van der Waals surface area contributed by atoms with E-state index < -0.39 is 0 Å². The fourth-order valence-corrected chi connectivity index (χ4v) is 0.969. The zero-order valence-electron chi connectivity index (χ0n) is 8.20. The minimum atomic E-state index is 0.471. The van der Waals surface area contributed by atoms with Gasteiger partial charge in [-0.25, -0.2) is 0 Å². The van der Waals surface area contributed by atoms with Gasteiger partial charge in [-0.15, -0.1) is 0 Å². The van der Waals surface area contributed by atoms with Crippen molar-refractivity contribution in [2.75, 3.05) is 0 Å². The Bertz CT molecular complexity index is 217. The molecule has 0 atom stereocenters. The van der Waals surface area contributed by atoms with E-state index in [0.29, 0.717) is 13.4 Å². The molecular weight excluding hydrogens is 146 g/mol. The molecule has 4 heteroatoms. The fraction of sp³-hybridized carbons (Fsp3) is 0.500. The molecule has 1 heterocycles. The highest BCUT2D eigenvalue weighted by Gasteiger charge is 2.08. The van der Waals surface area contributed by atoms with Crippen molar-refractivity contribution in [1.29, 1.82) is 0 Å². The van der Waals surface area contributed by atoms with Gasteiger partial charge in [0.15, 0.2) is 13.4 Å². The van der Waals surface area contributed by atoms with Crippen LogP contribution in [0.2, 0.25) is 27.3 Å². The Balaban J connectivity index is 2.86. The van der Waals surface area contributed by atoms with E-state index >= 15 is 0 Å². The molecule has 62 valence electrons. The van der Waals surface area contributed by atoms with Crippen molar-refractivity contribution in [3.05, 3.63) is 12.1 Å². The Hall–Kier alpha value is -0.790. The lowest BCUT2D eigenvalue weighted by molar-refractivity contribution is 1.08. The topological polar surface area (TPSA) is 25.8 Å². The predicted octanol–water partition coefficient (Wildman–Crippen LogP) is 0.399. The summed E-state index contributed by atoms with van der Waals surface area (Å²) in [5, 5.41) is 8.30. The zero-order chi connectivity index (χ0) is 9.14. The Kier molecular flexibility index (Phi) is 2.90. The summed E-state index contributed by atoms with van der Waals surface area (Å²) in [6.07, 6.45) is 0. The van der Waals surface area contributed by atoms with Crippen molar-refractivity contribution in [2.24, 2.45) is 0 Å². The number of hydrogen-bond acceptors (Lipinski definition) is 2. The largest absolute Gasteiger partial charge is 0.196 e. The number of hydrogen-bond donors (Lipinski definition) is 0. The van der Waals surface area contributed by atoms with Crippen LogP contribution in [0.3, 0.4) is 0 Å². The molecule has 1 aromatic rings. The van der Waals surface area contributed by atoms with Crippen LogP contribution >= 0.6 is 0 Å². The lowest BCUT2D eigenvalue weighted by Gasteiger charge is -2.02. The van der Waals surface area contributed by atoms with E-state index in [1.165, 1.54) is 0 Å². The molecule has 0 aliphatic rings. The zero-order valence-corrected chi connectivity index (χ0v) is 8.20. The van der Waals surface area contributed by atoms with Crippen molar-refractivity contribution in [3.63, 3.8) is 0 Å². The first-order chi connectivity index (χ1) is 5.61. The average molecular weight is 160 g/mol. The second-order valence-corrected chi connectivity index (χ2v) is 3.69. The lowest BCUT2D eigenvalue weighted by atomic mass is 9.50. The molecule has 0 spiro atoms. The maximum atomic E-state index is 4.15. The Morgan fingerprint density at radius 2 is 1.17 bits per heavy atom. The first-order valence-electron chi connectivity index (χ1n) is 4.44. The summed E-state index contributed by atoms with van der Waals surface area (Å²) in [5.41, 5.74) is 2.14. The molecule has 1 aromatic heterocycles. The number of rotatable bonds is 2. The van der Waals surface area contributed by atoms with Crippen LogP contribution in [0, 0.1) is 0 Å². The minimum absolute atomic E-state index is 0.471. The van der Waals surface area contributed by atoms with Crippen molar-refractivity contribution in [1.82, 2.24) is 10.2 Å². The normalized spacial score (nSPS) is 9.67. The molecule has 2 nitrogen and oxygen atoms in total. The maximum absolute atomic E-state index is 4.15. The van der Waals surface area contributed by atoms with Gasteiger partial charge in [0.05, 0.1) is 0 Å². The van der Waals surface area contributed by atoms with Gasteiger partial charge < -0.3 is 0 Å². The van der Waals surface area contributed by atoms with E-state index in [4.69, 9.17) is 0 Å². The predicted molar refractivity (Wildman–Crippen MR) is 56.3 cm³/mol. The van der Waals surface area contributed by atoms with Crippen LogP contribution in [0.5, 0.6) is 0 Å². The number of nitrogens with zero attached hydrogens (tertiary/aromatic N) is 2. The summed E-state index contributed by atoms with van der Waals surface area (Å²) >= 11 is 0. The van der Waals surface area contributed by atoms with Crippen LogP contribution < -0.4 is 11.2 Å². The molecule has 1 rings (SSSR count). The van der Waals surface area contributed by atoms with Gasteiger partial charge in [0, 0.05) is 11.2 Å². The third kappa shape index (κ3) is 2.10. The van der Waals surface area contributed by atoms with Gasteiger partial charge >= 0.3 is 0 Å². The van der Waals surface area contributed by atoms with Crippen molar-refractivity contribution >= 4 is 24.6 Å². The van der Waals surface area contributed by atoms with Crippen molar-refractivity contribution in [2.45, 2.75) is 27.3 Å². The summed E-state index contributed by atoms with van der Waals surface area (Å²) in [6.45, 7) is 9.44. The van der Waals surface area contributed by atoms with E-state index in [-0.39, 0.29) is 0 Å². The molecule has 0 amide bonds. The molecular formula is C8H14B2N2. The molecule has 12 heavy (non-hydrogen) atoms. The smallest absolute Gasteiger partial charge is 0.166 e. The van der Waals surface area contributed by atoms with E-state index in [1.807, 2.05) is 0 Å². The standard InChI is InChI=1S/C8H14B2N2/c1-9(2)7-5-6-8(10(3)4)12-11-7/h5-6H,1-4H3. The Labute approximate surface area is 74.9 Å². The summed E-state index contributed by atoms with van der Waals surface area (Å²) in [5.74, 6) is 0. The van der Waals surface area contributed by atoms with Gasteiger partial charge in [-0.2, -0.15) is 10.2 Å². The van der Waals surface area contributed by atoms with Gasteiger partial charge in [-0.1, -0.05) is 27.3 Å².